The van der Waals surface area contributed by atoms with Gasteiger partial charge in [0.2, 0.25) is 0 Å². The van der Waals surface area contributed by atoms with Gasteiger partial charge in [0.25, 0.3) is 5.91 Å². The van der Waals surface area contributed by atoms with Gasteiger partial charge in [0.15, 0.2) is 0 Å². The summed E-state index contributed by atoms with van der Waals surface area (Å²) in [6.45, 7) is 4.01. The van der Waals surface area contributed by atoms with Crippen LogP contribution < -0.4 is 0 Å². The lowest BCUT2D eigenvalue weighted by molar-refractivity contribution is -0.121. The highest BCUT2D eigenvalue weighted by atomic mass is 127. The smallest absolute Gasteiger partial charge is 0.266 e. The second-order valence-corrected chi connectivity index (χ2v) is 6.71. The molecule has 1 N–H and O–H groups in total. The third kappa shape index (κ3) is 3.18. The van der Waals surface area contributed by atoms with E-state index in [9.17, 15) is 9.90 Å². The summed E-state index contributed by atoms with van der Waals surface area (Å²) in [5.74, 6) is 0.00238. The van der Waals surface area contributed by atoms with Gasteiger partial charge in [-0.25, -0.2) is 0 Å². The number of benzene rings is 1. The highest BCUT2D eigenvalue weighted by molar-refractivity contribution is 14.1. The van der Waals surface area contributed by atoms with Gasteiger partial charge in [-0.15, -0.1) is 6.58 Å². The molecule has 1 aliphatic heterocycles. The SMILES string of the molecule is C=CCN1C(=O)/C(=C\c2cc(I)ccc2O)SC1=S. The molecule has 1 aliphatic rings. The molecule has 2 rings (SSSR count). The fraction of sp³-hybridized carbons (Fsp3) is 0.0769. The molecular weight excluding hydrogens is 393 g/mol. The summed E-state index contributed by atoms with van der Waals surface area (Å²) in [5.41, 5.74) is 0.617. The van der Waals surface area contributed by atoms with Gasteiger partial charge in [0.05, 0.1) is 4.91 Å². The highest BCUT2D eigenvalue weighted by Crippen LogP contribution is 2.34. The Labute approximate surface area is 134 Å². The van der Waals surface area contributed by atoms with Gasteiger partial charge in [-0.1, -0.05) is 30.1 Å². The van der Waals surface area contributed by atoms with E-state index in [1.807, 2.05) is 6.07 Å². The Morgan fingerprint density at radius 3 is 2.95 bits per heavy atom. The maximum atomic E-state index is 12.1. The second kappa shape index (κ2) is 6.06. The van der Waals surface area contributed by atoms with E-state index in [0.29, 0.717) is 21.3 Å². The Morgan fingerprint density at radius 1 is 1.53 bits per heavy atom. The molecule has 1 saturated heterocycles. The number of phenolic OH excluding ortho intramolecular Hbond substituents is 1. The predicted octanol–water partition coefficient (Wildman–Crippen LogP) is 3.38. The third-order valence-corrected chi connectivity index (χ3v) is 4.51. The predicted molar refractivity (Wildman–Crippen MR) is 90.9 cm³/mol. The van der Waals surface area contributed by atoms with Crippen molar-refractivity contribution in [2.24, 2.45) is 0 Å². The fourth-order valence-electron chi connectivity index (χ4n) is 1.57. The van der Waals surface area contributed by atoms with Gasteiger partial charge < -0.3 is 5.11 Å². The molecule has 0 spiro atoms. The number of aromatic hydroxyl groups is 1. The first kappa shape index (κ1) is 14.5. The Hall–Kier alpha value is -0.860. The maximum absolute atomic E-state index is 12.1. The number of halogens is 1. The van der Waals surface area contributed by atoms with E-state index in [-0.39, 0.29) is 11.7 Å². The van der Waals surface area contributed by atoms with Crippen molar-refractivity contribution in [3.63, 3.8) is 0 Å². The third-order valence-electron chi connectivity index (χ3n) is 2.46. The maximum Gasteiger partial charge on any atom is 0.266 e. The number of rotatable bonds is 3. The van der Waals surface area contributed by atoms with E-state index in [1.54, 1.807) is 24.3 Å². The lowest BCUT2D eigenvalue weighted by Crippen LogP contribution is -2.27. The van der Waals surface area contributed by atoms with Gasteiger partial charge in [-0.2, -0.15) is 0 Å². The first-order valence-electron chi connectivity index (χ1n) is 5.37. The summed E-state index contributed by atoms with van der Waals surface area (Å²) in [6, 6.07) is 5.23. The highest BCUT2D eigenvalue weighted by Gasteiger charge is 2.31. The molecule has 0 radical (unpaired) electrons. The largest absolute Gasteiger partial charge is 0.507 e. The zero-order chi connectivity index (χ0) is 14.0. The fourth-order valence-corrected chi connectivity index (χ4v) is 3.35. The summed E-state index contributed by atoms with van der Waals surface area (Å²) in [6.07, 6.45) is 3.30. The van der Waals surface area contributed by atoms with Crippen LogP contribution in [0.2, 0.25) is 0 Å². The average molecular weight is 403 g/mol. The minimum absolute atomic E-state index is 0.145. The number of hydrogen-bond acceptors (Lipinski definition) is 4. The monoisotopic (exact) mass is 403 g/mol. The van der Waals surface area contributed by atoms with Crippen molar-refractivity contribution < 1.29 is 9.90 Å². The quantitative estimate of drug-likeness (QED) is 0.364. The molecule has 1 heterocycles. The summed E-state index contributed by atoms with van der Waals surface area (Å²) in [5, 5.41) is 9.79. The topological polar surface area (TPSA) is 40.5 Å². The van der Waals surface area contributed by atoms with E-state index in [2.05, 4.69) is 29.2 Å². The van der Waals surface area contributed by atoms with E-state index < -0.39 is 0 Å². The molecule has 0 unspecified atom stereocenters. The number of amides is 1. The first-order valence-corrected chi connectivity index (χ1v) is 7.68. The molecule has 1 fully saturated rings. The van der Waals surface area contributed by atoms with Gasteiger partial charge in [0.1, 0.15) is 10.1 Å². The summed E-state index contributed by atoms with van der Waals surface area (Å²) in [4.78, 5) is 14.1. The standard InChI is InChI=1S/C13H10INO2S2/c1-2-5-15-12(17)11(19-13(15)18)7-8-6-9(14)3-4-10(8)16/h2-4,6-7,16H,1,5H2/b11-7+. The van der Waals surface area contributed by atoms with Crippen molar-refractivity contribution in [1.82, 2.24) is 4.90 Å². The zero-order valence-corrected chi connectivity index (χ0v) is 13.6. The van der Waals surface area contributed by atoms with Crippen molar-refractivity contribution in [2.75, 3.05) is 6.54 Å². The van der Waals surface area contributed by atoms with Crippen LogP contribution in [-0.2, 0) is 4.79 Å². The molecule has 0 saturated carbocycles. The second-order valence-electron chi connectivity index (χ2n) is 3.78. The van der Waals surface area contributed by atoms with E-state index in [0.717, 1.165) is 3.57 Å². The number of thiocarbonyl (C=S) groups is 1. The normalized spacial score (nSPS) is 17.3. The van der Waals surface area contributed by atoms with Crippen LogP contribution in [0.5, 0.6) is 5.75 Å². The number of phenols is 1. The molecule has 0 atom stereocenters. The molecule has 1 aromatic rings. The molecule has 0 aliphatic carbocycles. The number of nitrogens with zero attached hydrogens (tertiary/aromatic N) is 1. The Morgan fingerprint density at radius 2 is 2.26 bits per heavy atom. The van der Waals surface area contributed by atoms with Crippen molar-refractivity contribution in [3.05, 3.63) is 44.9 Å². The van der Waals surface area contributed by atoms with E-state index in [4.69, 9.17) is 12.2 Å². The van der Waals surface area contributed by atoms with Crippen LogP contribution in [0.25, 0.3) is 6.08 Å². The van der Waals surface area contributed by atoms with Crippen LogP contribution in [-0.4, -0.2) is 26.8 Å². The van der Waals surface area contributed by atoms with E-state index >= 15 is 0 Å². The first-order chi connectivity index (χ1) is 9.02. The van der Waals surface area contributed by atoms with Crippen LogP contribution in [0.15, 0.2) is 35.8 Å². The number of thioether (sulfide) groups is 1. The lowest BCUT2D eigenvalue weighted by atomic mass is 10.2. The van der Waals surface area contributed by atoms with Crippen molar-refractivity contribution in [1.29, 1.82) is 0 Å². The van der Waals surface area contributed by atoms with Gasteiger partial charge in [-0.3, -0.25) is 9.69 Å². The summed E-state index contributed by atoms with van der Waals surface area (Å²) >= 11 is 8.54. The molecule has 98 valence electrons. The molecule has 0 aromatic heterocycles. The molecule has 6 heteroatoms. The molecule has 1 aromatic carbocycles. The Bertz CT molecular complexity index is 598. The number of carbonyl (C=O) groups excluding carboxylic acids is 1. The molecular formula is C13H10INO2S2. The Balaban J connectivity index is 2.34. The van der Waals surface area contributed by atoms with Crippen LogP contribution in [0.1, 0.15) is 5.56 Å². The molecule has 3 nitrogen and oxygen atoms in total. The van der Waals surface area contributed by atoms with Gasteiger partial charge in [-0.05, 0) is 46.9 Å². The van der Waals surface area contributed by atoms with Gasteiger partial charge >= 0.3 is 0 Å². The van der Waals surface area contributed by atoms with E-state index in [1.165, 1.54) is 16.7 Å². The van der Waals surface area contributed by atoms with Gasteiger partial charge in [0, 0.05) is 15.7 Å². The summed E-state index contributed by atoms with van der Waals surface area (Å²) < 4.78 is 1.50. The summed E-state index contributed by atoms with van der Waals surface area (Å²) in [7, 11) is 0. The number of carbonyl (C=O) groups is 1. The minimum Gasteiger partial charge on any atom is -0.507 e. The van der Waals surface area contributed by atoms with Crippen LogP contribution in [0.3, 0.4) is 0 Å². The zero-order valence-electron chi connectivity index (χ0n) is 9.80. The number of hydrogen-bond donors (Lipinski definition) is 1. The van der Waals surface area contributed by atoms with Crippen molar-refractivity contribution in [3.8, 4) is 5.75 Å². The molecule has 1 amide bonds. The van der Waals surface area contributed by atoms with Crippen LogP contribution in [0.4, 0.5) is 0 Å². The van der Waals surface area contributed by atoms with Crippen LogP contribution in [0, 0.1) is 3.57 Å². The minimum atomic E-state index is -0.145. The molecule has 0 bridgehead atoms. The average Bonchev–Trinajstić information content (AvgIpc) is 2.62. The van der Waals surface area contributed by atoms with Crippen LogP contribution >= 0.6 is 46.6 Å². The van der Waals surface area contributed by atoms with Crippen molar-refractivity contribution >= 4 is 62.9 Å². The molecule has 19 heavy (non-hydrogen) atoms. The lowest BCUT2D eigenvalue weighted by Gasteiger charge is -2.10. The Kier molecular flexibility index (Phi) is 4.64. The van der Waals surface area contributed by atoms with Crippen molar-refractivity contribution in [2.45, 2.75) is 0 Å².